The number of hydrogen-bond acceptors (Lipinski definition) is 3. The van der Waals surface area contributed by atoms with Crippen molar-refractivity contribution >= 4 is 22.2 Å². The Labute approximate surface area is 133 Å². The highest BCUT2D eigenvalue weighted by molar-refractivity contribution is 9.10. The van der Waals surface area contributed by atoms with Gasteiger partial charge in [0.15, 0.2) is 0 Å². The first kappa shape index (κ1) is 14.5. The summed E-state index contributed by atoms with van der Waals surface area (Å²) in [4.78, 5) is 13.1. The van der Waals surface area contributed by atoms with Crippen LogP contribution >= 0.6 is 15.9 Å². The Morgan fingerprint density at radius 2 is 1.86 bits per heavy atom. The average Bonchev–Trinajstić information content (AvgIpc) is 2.97. The van der Waals surface area contributed by atoms with E-state index >= 15 is 0 Å². The van der Waals surface area contributed by atoms with Crippen molar-refractivity contribution in [3.8, 4) is 11.3 Å². The minimum absolute atomic E-state index is 0.246. The van der Waals surface area contributed by atoms with Crippen molar-refractivity contribution in [1.29, 1.82) is 0 Å². The van der Waals surface area contributed by atoms with Gasteiger partial charge in [-0.25, -0.2) is 0 Å². The van der Waals surface area contributed by atoms with Gasteiger partial charge in [0.1, 0.15) is 17.8 Å². The van der Waals surface area contributed by atoms with Crippen molar-refractivity contribution in [2.75, 3.05) is 13.1 Å². The monoisotopic (exact) mass is 347 g/mol. The van der Waals surface area contributed by atoms with E-state index in [0.29, 0.717) is 0 Å². The molecule has 0 spiro atoms. The molecule has 0 N–H and O–H groups in total. The predicted octanol–water partition coefficient (Wildman–Crippen LogP) is 4.12. The topological polar surface area (TPSA) is 33.5 Å². The van der Waals surface area contributed by atoms with E-state index in [-0.39, 0.29) is 5.92 Å². The fraction of sp³-hybridized carbons (Fsp3) is 0.353. The maximum atomic E-state index is 10.8. The molecule has 110 valence electrons. The van der Waals surface area contributed by atoms with Crippen LogP contribution in [0.5, 0.6) is 0 Å². The molecule has 3 rings (SSSR count). The summed E-state index contributed by atoms with van der Waals surface area (Å²) in [5.41, 5.74) is 1.09. The molecule has 4 heteroatoms. The molecule has 1 aromatic heterocycles. The summed E-state index contributed by atoms with van der Waals surface area (Å²) in [5.74, 6) is 2.13. The van der Waals surface area contributed by atoms with Crippen molar-refractivity contribution in [1.82, 2.24) is 4.90 Å². The molecule has 0 unspecified atom stereocenters. The molecule has 0 aliphatic carbocycles. The Balaban J connectivity index is 1.63. The van der Waals surface area contributed by atoms with E-state index in [2.05, 4.69) is 20.8 Å². The van der Waals surface area contributed by atoms with E-state index in [1.165, 1.54) is 0 Å². The van der Waals surface area contributed by atoms with E-state index in [9.17, 15) is 4.79 Å². The summed E-state index contributed by atoms with van der Waals surface area (Å²) in [7, 11) is 0. The largest absolute Gasteiger partial charge is 0.460 e. The Bertz CT molecular complexity index is 598. The Hall–Kier alpha value is -1.39. The van der Waals surface area contributed by atoms with Crippen LogP contribution in [0.1, 0.15) is 18.6 Å². The van der Waals surface area contributed by atoms with Gasteiger partial charge in [-0.05, 0) is 50.2 Å². The Morgan fingerprint density at radius 1 is 1.14 bits per heavy atom. The second-order valence-corrected chi connectivity index (χ2v) is 6.44. The molecule has 21 heavy (non-hydrogen) atoms. The van der Waals surface area contributed by atoms with Crippen molar-refractivity contribution in [3.63, 3.8) is 0 Å². The van der Waals surface area contributed by atoms with Gasteiger partial charge in [-0.2, -0.15) is 0 Å². The number of nitrogens with zero attached hydrogens (tertiary/aromatic N) is 1. The van der Waals surface area contributed by atoms with Gasteiger partial charge in [0.2, 0.25) is 0 Å². The molecule has 0 radical (unpaired) electrons. The number of carbonyl (C=O) groups excluding carboxylic acids is 1. The number of carbonyl (C=O) groups is 1. The van der Waals surface area contributed by atoms with Gasteiger partial charge >= 0.3 is 0 Å². The zero-order valence-electron chi connectivity index (χ0n) is 11.8. The van der Waals surface area contributed by atoms with E-state index in [1.807, 2.05) is 36.4 Å². The molecule has 1 saturated heterocycles. The summed E-state index contributed by atoms with van der Waals surface area (Å²) < 4.78 is 7.00. The van der Waals surface area contributed by atoms with Crippen LogP contribution in [0.15, 0.2) is 45.3 Å². The molecule has 0 atom stereocenters. The van der Waals surface area contributed by atoms with Crippen LogP contribution in [0.3, 0.4) is 0 Å². The number of halogens is 1. The van der Waals surface area contributed by atoms with Gasteiger partial charge < -0.3 is 9.21 Å². The van der Waals surface area contributed by atoms with Crippen LogP contribution in [-0.2, 0) is 11.3 Å². The first-order valence-corrected chi connectivity index (χ1v) is 8.06. The van der Waals surface area contributed by atoms with Crippen molar-refractivity contribution in [3.05, 3.63) is 46.6 Å². The van der Waals surface area contributed by atoms with Gasteiger partial charge in [0, 0.05) is 16.0 Å². The fourth-order valence-electron chi connectivity index (χ4n) is 2.70. The molecule has 3 nitrogen and oxygen atoms in total. The van der Waals surface area contributed by atoms with Crippen LogP contribution in [0.4, 0.5) is 0 Å². The molecule has 1 aliphatic heterocycles. The summed E-state index contributed by atoms with van der Waals surface area (Å²) in [5, 5.41) is 0. The maximum Gasteiger partial charge on any atom is 0.134 e. The van der Waals surface area contributed by atoms with Crippen LogP contribution in [-0.4, -0.2) is 24.3 Å². The average molecular weight is 348 g/mol. The van der Waals surface area contributed by atoms with Gasteiger partial charge in [-0.1, -0.05) is 28.1 Å². The summed E-state index contributed by atoms with van der Waals surface area (Å²) in [6.45, 7) is 2.76. The van der Waals surface area contributed by atoms with Crippen LogP contribution in [0.25, 0.3) is 11.3 Å². The molecule has 1 aromatic carbocycles. The lowest BCUT2D eigenvalue weighted by atomic mass is 9.99. The van der Waals surface area contributed by atoms with Crippen LogP contribution in [0, 0.1) is 5.92 Å². The zero-order valence-corrected chi connectivity index (χ0v) is 13.4. The summed E-state index contributed by atoms with van der Waals surface area (Å²) in [6, 6.07) is 12.2. The number of rotatable bonds is 4. The molecular weight excluding hydrogens is 330 g/mol. The molecule has 0 saturated carbocycles. The SMILES string of the molecule is O=CC1CCN(Cc2ccc(-c3ccc(Br)cc3)o2)CC1. The number of furan rings is 1. The third kappa shape index (κ3) is 3.63. The lowest BCUT2D eigenvalue weighted by molar-refractivity contribution is -0.112. The molecular formula is C17H18BrNO2. The summed E-state index contributed by atoms with van der Waals surface area (Å²) >= 11 is 3.44. The standard InChI is InChI=1S/C17H18BrNO2/c18-15-3-1-14(2-4-15)17-6-5-16(21-17)11-19-9-7-13(12-20)8-10-19/h1-6,12-13H,7-11H2. The lowest BCUT2D eigenvalue weighted by Gasteiger charge is -2.28. The number of hydrogen-bond donors (Lipinski definition) is 0. The predicted molar refractivity (Wildman–Crippen MR) is 85.9 cm³/mol. The molecule has 2 aromatic rings. The zero-order chi connectivity index (χ0) is 14.7. The number of piperidine rings is 1. The second kappa shape index (κ2) is 6.58. The van der Waals surface area contributed by atoms with Gasteiger partial charge in [-0.15, -0.1) is 0 Å². The number of aldehydes is 1. The van der Waals surface area contributed by atoms with E-state index in [1.54, 1.807) is 0 Å². The highest BCUT2D eigenvalue weighted by Gasteiger charge is 2.19. The Morgan fingerprint density at radius 3 is 2.52 bits per heavy atom. The molecule has 1 aliphatic rings. The van der Waals surface area contributed by atoms with Gasteiger partial charge in [0.05, 0.1) is 6.54 Å². The lowest BCUT2D eigenvalue weighted by Crippen LogP contribution is -2.33. The van der Waals surface area contributed by atoms with Crippen molar-refractivity contribution in [2.24, 2.45) is 5.92 Å². The van der Waals surface area contributed by atoms with E-state index in [0.717, 1.165) is 60.3 Å². The smallest absolute Gasteiger partial charge is 0.134 e. The van der Waals surface area contributed by atoms with Gasteiger partial charge in [-0.3, -0.25) is 4.90 Å². The minimum Gasteiger partial charge on any atom is -0.460 e. The molecule has 2 heterocycles. The Kier molecular flexibility index (Phi) is 4.56. The highest BCUT2D eigenvalue weighted by Crippen LogP contribution is 2.25. The molecule has 0 amide bonds. The van der Waals surface area contributed by atoms with E-state index in [4.69, 9.17) is 4.42 Å². The minimum atomic E-state index is 0.246. The quantitative estimate of drug-likeness (QED) is 0.780. The van der Waals surface area contributed by atoms with Crippen molar-refractivity contribution < 1.29 is 9.21 Å². The number of benzene rings is 1. The molecule has 0 bridgehead atoms. The highest BCUT2D eigenvalue weighted by atomic mass is 79.9. The van der Waals surface area contributed by atoms with Crippen LogP contribution < -0.4 is 0 Å². The first-order chi connectivity index (χ1) is 10.2. The second-order valence-electron chi connectivity index (χ2n) is 5.52. The normalized spacial score (nSPS) is 17.0. The molecule has 1 fully saturated rings. The third-order valence-electron chi connectivity index (χ3n) is 3.99. The van der Waals surface area contributed by atoms with Gasteiger partial charge in [0.25, 0.3) is 0 Å². The van der Waals surface area contributed by atoms with Crippen LogP contribution in [0.2, 0.25) is 0 Å². The van der Waals surface area contributed by atoms with Crippen molar-refractivity contribution in [2.45, 2.75) is 19.4 Å². The third-order valence-corrected chi connectivity index (χ3v) is 4.52. The first-order valence-electron chi connectivity index (χ1n) is 7.27. The fourth-order valence-corrected chi connectivity index (χ4v) is 2.96. The maximum absolute atomic E-state index is 10.8. The number of likely N-dealkylation sites (tertiary alicyclic amines) is 1. The summed E-state index contributed by atoms with van der Waals surface area (Å²) in [6.07, 6.45) is 3.02. The van der Waals surface area contributed by atoms with E-state index < -0.39 is 0 Å².